The average molecular weight is 398 g/mol. The Bertz CT molecular complexity index is 929. The normalized spacial score (nSPS) is 19.2. The van der Waals surface area contributed by atoms with Crippen LogP contribution in [0.2, 0.25) is 0 Å². The molecule has 4 heterocycles. The average Bonchev–Trinajstić information content (AvgIpc) is 3.30. The van der Waals surface area contributed by atoms with Gasteiger partial charge < -0.3 is 19.3 Å². The number of hydrogen-bond acceptors (Lipinski definition) is 7. The first-order valence-corrected chi connectivity index (χ1v) is 10.4. The summed E-state index contributed by atoms with van der Waals surface area (Å²) in [6.07, 6.45) is 4.70. The van der Waals surface area contributed by atoms with Crippen LogP contribution in [0, 0.1) is 6.92 Å². The molecule has 0 spiro atoms. The Hall–Kier alpha value is -2.45. The van der Waals surface area contributed by atoms with E-state index in [0.717, 1.165) is 30.9 Å². The molecule has 2 saturated heterocycles. The quantitative estimate of drug-likeness (QED) is 0.792. The summed E-state index contributed by atoms with van der Waals surface area (Å²) in [5.41, 5.74) is 7.79. The van der Waals surface area contributed by atoms with Crippen molar-refractivity contribution in [1.29, 1.82) is 0 Å². The molecule has 2 aromatic heterocycles. The Kier molecular flexibility index (Phi) is 4.52. The number of allylic oxidation sites excluding steroid dienone is 1. The van der Waals surface area contributed by atoms with E-state index >= 15 is 0 Å². The Labute approximate surface area is 167 Å². The molecule has 0 unspecified atom stereocenters. The highest BCUT2D eigenvalue weighted by molar-refractivity contribution is 7.11. The van der Waals surface area contributed by atoms with E-state index < -0.39 is 0 Å². The summed E-state index contributed by atoms with van der Waals surface area (Å²) in [5, 5.41) is 0. The number of amides is 1. The van der Waals surface area contributed by atoms with Crippen molar-refractivity contribution in [3.8, 4) is 0 Å². The summed E-state index contributed by atoms with van der Waals surface area (Å²) in [4.78, 5) is 26.6. The van der Waals surface area contributed by atoms with Gasteiger partial charge in [0.25, 0.3) is 0 Å². The number of carbonyl (C=O) groups excluding carboxylic acids is 1. The first-order chi connectivity index (χ1) is 13.7. The van der Waals surface area contributed by atoms with E-state index in [2.05, 4.69) is 33.9 Å². The second-order valence-electron chi connectivity index (χ2n) is 7.32. The highest BCUT2D eigenvalue weighted by Gasteiger charge is 2.29. The second-order valence-corrected chi connectivity index (χ2v) is 8.18. The predicted molar refractivity (Wildman–Crippen MR) is 108 cm³/mol. The number of fused-ring (bicyclic) bond motifs is 1. The van der Waals surface area contributed by atoms with Gasteiger partial charge in [-0.05, 0) is 24.6 Å². The van der Waals surface area contributed by atoms with E-state index in [1.54, 1.807) is 16.2 Å². The Morgan fingerprint density at radius 2 is 2.07 bits per heavy atom. The number of piperazine rings is 1. The third-order valence-corrected chi connectivity index (χ3v) is 6.52. The van der Waals surface area contributed by atoms with Gasteiger partial charge in [-0.3, -0.25) is 4.98 Å². The van der Waals surface area contributed by atoms with E-state index in [4.69, 9.17) is 9.47 Å². The number of anilines is 1. The number of aryl methyl sites for hydroxylation is 1. The number of pyridine rings is 1. The molecule has 146 valence electrons. The van der Waals surface area contributed by atoms with E-state index in [1.165, 1.54) is 21.7 Å². The smallest absolute Gasteiger partial charge is 0.410 e. The van der Waals surface area contributed by atoms with Crippen LogP contribution >= 0.6 is 11.3 Å². The van der Waals surface area contributed by atoms with Gasteiger partial charge in [0.15, 0.2) is 6.10 Å². The molecule has 5 rings (SSSR count). The first-order valence-electron chi connectivity index (χ1n) is 9.56. The van der Waals surface area contributed by atoms with Crippen molar-refractivity contribution in [3.63, 3.8) is 0 Å². The molecule has 2 aromatic rings. The lowest BCUT2D eigenvalue weighted by molar-refractivity contribution is -0.104. The topological polar surface area (TPSA) is 67.8 Å². The van der Waals surface area contributed by atoms with Crippen molar-refractivity contribution < 1.29 is 14.3 Å². The van der Waals surface area contributed by atoms with Crippen molar-refractivity contribution in [1.82, 2.24) is 14.9 Å². The molecule has 0 atom stereocenters. The van der Waals surface area contributed by atoms with Crippen LogP contribution in [-0.4, -0.2) is 66.5 Å². The number of aromatic nitrogens is 2. The number of carbonyl (C=O) groups is 1. The van der Waals surface area contributed by atoms with Gasteiger partial charge in [0.05, 0.1) is 35.0 Å². The zero-order valence-corrected chi connectivity index (χ0v) is 16.6. The SMILES string of the molecule is Cc1ncsc1C1=Cc2c(N3CCN(C(=O)OC4COC4)CC3)ccnc2C1. The lowest BCUT2D eigenvalue weighted by Gasteiger charge is -2.37. The van der Waals surface area contributed by atoms with E-state index in [9.17, 15) is 4.79 Å². The zero-order valence-electron chi connectivity index (χ0n) is 15.8. The summed E-state index contributed by atoms with van der Waals surface area (Å²) in [6, 6.07) is 2.08. The third kappa shape index (κ3) is 3.16. The maximum absolute atomic E-state index is 12.2. The molecule has 2 aliphatic heterocycles. The fourth-order valence-electron chi connectivity index (χ4n) is 3.87. The second kappa shape index (κ2) is 7.18. The molecule has 7 nitrogen and oxygen atoms in total. The maximum Gasteiger partial charge on any atom is 0.410 e. The molecule has 0 N–H and O–H groups in total. The lowest BCUT2D eigenvalue weighted by atomic mass is 10.1. The van der Waals surface area contributed by atoms with E-state index in [0.29, 0.717) is 26.3 Å². The molecule has 0 bridgehead atoms. The number of ether oxygens (including phenoxy) is 2. The molecule has 0 aromatic carbocycles. The number of nitrogens with zero attached hydrogens (tertiary/aromatic N) is 4. The summed E-state index contributed by atoms with van der Waals surface area (Å²) in [6.45, 7) is 5.98. The minimum atomic E-state index is -0.226. The molecule has 1 amide bonds. The van der Waals surface area contributed by atoms with Gasteiger partial charge in [-0.1, -0.05) is 0 Å². The lowest BCUT2D eigenvalue weighted by Crippen LogP contribution is -2.51. The van der Waals surface area contributed by atoms with Crippen LogP contribution in [0.5, 0.6) is 0 Å². The first kappa shape index (κ1) is 17.6. The maximum atomic E-state index is 12.2. The van der Waals surface area contributed by atoms with Crippen LogP contribution in [0.3, 0.4) is 0 Å². The van der Waals surface area contributed by atoms with Crippen molar-refractivity contribution in [2.75, 3.05) is 44.3 Å². The molecule has 2 fully saturated rings. The summed E-state index contributed by atoms with van der Waals surface area (Å²) in [5.74, 6) is 0. The van der Waals surface area contributed by atoms with Gasteiger partial charge in [0, 0.05) is 50.0 Å². The third-order valence-electron chi connectivity index (χ3n) is 5.52. The van der Waals surface area contributed by atoms with Gasteiger partial charge in [0.1, 0.15) is 0 Å². The molecule has 0 radical (unpaired) electrons. The zero-order chi connectivity index (χ0) is 19.1. The number of thiazole rings is 1. The summed E-state index contributed by atoms with van der Waals surface area (Å²) in [7, 11) is 0. The number of rotatable bonds is 3. The monoisotopic (exact) mass is 398 g/mol. The molecular weight excluding hydrogens is 376 g/mol. The van der Waals surface area contributed by atoms with Crippen LogP contribution in [0.25, 0.3) is 11.6 Å². The van der Waals surface area contributed by atoms with E-state index in [-0.39, 0.29) is 12.2 Å². The highest BCUT2D eigenvalue weighted by Crippen LogP contribution is 2.38. The van der Waals surface area contributed by atoms with Crippen molar-refractivity contribution >= 4 is 34.8 Å². The molecular formula is C20H22N4O3S. The number of hydrogen-bond donors (Lipinski definition) is 0. The Balaban J connectivity index is 1.30. The van der Waals surface area contributed by atoms with Gasteiger partial charge >= 0.3 is 6.09 Å². The molecule has 1 aliphatic carbocycles. The molecule has 0 saturated carbocycles. The van der Waals surface area contributed by atoms with Crippen LogP contribution < -0.4 is 4.90 Å². The van der Waals surface area contributed by atoms with Crippen LogP contribution in [-0.2, 0) is 15.9 Å². The fourth-order valence-corrected chi connectivity index (χ4v) is 4.69. The van der Waals surface area contributed by atoms with Crippen LogP contribution in [0.15, 0.2) is 17.8 Å². The van der Waals surface area contributed by atoms with Gasteiger partial charge in [-0.25, -0.2) is 9.78 Å². The highest BCUT2D eigenvalue weighted by atomic mass is 32.1. The fraction of sp³-hybridized carbons (Fsp3) is 0.450. The van der Waals surface area contributed by atoms with Crippen LogP contribution in [0.1, 0.15) is 21.8 Å². The standard InChI is InChI=1S/C20H22N4O3S/c1-13-19(28-12-22-13)14-8-16-17(9-14)21-3-2-18(16)23-4-6-24(7-5-23)20(25)27-15-10-26-11-15/h2-3,8,12,15H,4-7,9-11H2,1H3. The van der Waals surface area contributed by atoms with Crippen LogP contribution in [0.4, 0.5) is 10.5 Å². The minimum Gasteiger partial charge on any atom is -0.441 e. The van der Waals surface area contributed by atoms with Crippen molar-refractivity contribution in [3.05, 3.63) is 39.6 Å². The molecule has 8 heteroatoms. The summed E-state index contributed by atoms with van der Waals surface area (Å²) < 4.78 is 10.5. The predicted octanol–water partition coefficient (Wildman–Crippen LogP) is 2.60. The Morgan fingerprint density at radius 1 is 1.25 bits per heavy atom. The molecule has 28 heavy (non-hydrogen) atoms. The van der Waals surface area contributed by atoms with Gasteiger partial charge in [-0.2, -0.15) is 0 Å². The largest absolute Gasteiger partial charge is 0.441 e. The Morgan fingerprint density at radius 3 is 2.75 bits per heavy atom. The molecule has 3 aliphatic rings. The van der Waals surface area contributed by atoms with E-state index in [1.807, 2.05) is 11.7 Å². The minimum absolute atomic E-state index is 0.0762. The van der Waals surface area contributed by atoms with Crippen molar-refractivity contribution in [2.45, 2.75) is 19.4 Å². The summed E-state index contributed by atoms with van der Waals surface area (Å²) >= 11 is 1.69. The van der Waals surface area contributed by atoms with Crippen molar-refractivity contribution in [2.24, 2.45) is 0 Å². The van der Waals surface area contributed by atoms with Gasteiger partial charge in [0.2, 0.25) is 0 Å². The van der Waals surface area contributed by atoms with Gasteiger partial charge in [-0.15, -0.1) is 11.3 Å².